The Balaban J connectivity index is 1.59. The topological polar surface area (TPSA) is 18.5 Å². The lowest BCUT2D eigenvalue weighted by Gasteiger charge is -2.35. The Morgan fingerprint density at radius 2 is 1.85 bits per heavy atom. The zero-order valence-corrected chi connectivity index (χ0v) is 13.9. The molecule has 0 amide bonds. The van der Waals surface area contributed by atoms with E-state index in [9.17, 15) is 0 Å². The number of nitrogens with one attached hydrogen (secondary N) is 1. The average Bonchev–Trinajstić information content (AvgIpc) is 3.29. The van der Waals surface area contributed by atoms with Gasteiger partial charge in [0, 0.05) is 25.2 Å². The molecule has 1 atom stereocenters. The standard InChI is InChI=1S/C17H35N3/c1-4-11-19-12-8-16(9-13-19)15(3)18-10-14-20(5-2)17-6-7-17/h15-18H,4-14H2,1-3H3. The van der Waals surface area contributed by atoms with Crippen LogP contribution in [-0.4, -0.2) is 61.2 Å². The molecule has 1 aliphatic heterocycles. The van der Waals surface area contributed by atoms with Gasteiger partial charge in [0.25, 0.3) is 0 Å². The van der Waals surface area contributed by atoms with Crippen molar-refractivity contribution < 1.29 is 0 Å². The molecule has 2 aliphatic rings. The molecule has 1 aliphatic carbocycles. The lowest BCUT2D eigenvalue weighted by atomic mass is 9.90. The molecule has 0 bridgehead atoms. The third kappa shape index (κ3) is 5.01. The smallest absolute Gasteiger partial charge is 0.0110 e. The van der Waals surface area contributed by atoms with Gasteiger partial charge in [-0.15, -0.1) is 0 Å². The molecule has 1 N–H and O–H groups in total. The summed E-state index contributed by atoms with van der Waals surface area (Å²) in [5, 5.41) is 3.79. The lowest BCUT2D eigenvalue weighted by molar-refractivity contribution is 0.160. The highest BCUT2D eigenvalue weighted by Gasteiger charge is 2.28. The second-order valence-corrected chi connectivity index (χ2v) is 6.78. The maximum atomic E-state index is 3.79. The fraction of sp³-hybridized carbons (Fsp3) is 1.00. The van der Waals surface area contributed by atoms with Crippen LogP contribution in [0.1, 0.15) is 52.9 Å². The molecule has 3 nitrogen and oxygen atoms in total. The number of rotatable bonds is 9. The van der Waals surface area contributed by atoms with Gasteiger partial charge in [0.1, 0.15) is 0 Å². The van der Waals surface area contributed by atoms with E-state index in [1.807, 2.05) is 0 Å². The van der Waals surface area contributed by atoms with Gasteiger partial charge in [0.2, 0.25) is 0 Å². The van der Waals surface area contributed by atoms with Crippen molar-refractivity contribution in [3.05, 3.63) is 0 Å². The van der Waals surface area contributed by atoms with Crippen molar-refractivity contribution in [2.75, 3.05) is 39.3 Å². The molecule has 0 aromatic carbocycles. The van der Waals surface area contributed by atoms with Gasteiger partial charge in [-0.2, -0.15) is 0 Å². The Hall–Kier alpha value is -0.120. The molecule has 1 saturated heterocycles. The third-order valence-corrected chi connectivity index (χ3v) is 5.21. The Kier molecular flexibility index (Phi) is 6.79. The quantitative estimate of drug-likeness (QED) is 0.701. The maximum Gasteiger partial charge on any atom is 0.0110 e. The van der Waals surface area contributed by atoms with Gasteiger partial charge in [0.15, 0.2) is 0 Å². The fourth-order valence-corrected chi connectivity index (χ4v) is 3.63. The third-order valence-electron chi connectivity index (χ3n) is 5.21. The van der Waals surface area contributed by atoms with E-state index >= 15 is 0 Å². The summed E-state index contributed by atoms with van der Waals surface area (Å²) in [6.45, 7) is 14.5. The lowest BCUT2D eigenvalue weighted by Crippen LogP contribution is -2.44. The first-order chi connectivity index (χ1) is 9.74. The zero-order chi connectivity index (χ0) is 14.4. The van der Waals surface area contributed by atoms with Gasteiger partial charge >= 0.3 is 0 Å². The molecule has 0 aromatic rings. The van der Waals surface area contributed by atoms with Crippen LogP contribution >= 0.6 is 0 Å². The first-order valence-corrected chi connectivity index (χ1v) is 8.94. The molecule has 1 saturated carbocycles. The number of likely N-dealkylation sites (N-methyl/N-ethyl adjacent to an activating group) is 1. The first-order valence-electron chi connectivity index (χ1n) is 8.94. The number of nitrogens with zero attached hydrogens (tertiary/aromatic N) is 2. The molecule has 0 spiro atoms. The van der Waals surface area contributed by atoms with Crippen molar-refractivity contribution >= 4 is 0 Å². The maximum absolute atomic E-state index is 3.79. The molecule has 118 valence electrons. The molecule has 0 radical (unpaired) electrons. The highest BCUT2D eigenvalue weighted by molar-refractivity contribution is 4.85. The number of likely N-dealkylation sites (tertiary alicyclic amines) is 1. The van der Waals surface area contributed by atoms with Crippen LogP contribution in [0.4, 0.5) is 0 Å². The second-order valence-electron chi connectivity index (χ2n) is 6.78. The van der Waals surface area contributed by atoms with Crippen molar-refractivity contribution in [3.8, 4) is 0 Å². The van der Waals surface area contributed by atoms with Crippen LogP contribution in [0, 0.1) is 5.92 Å². The molecule has 1 unspecified atom stereocenters. The minimum absolute atomic E-state index is 0.691. The van der Waals surface area contributed by atoms with Crippen LogP contribution in [0.15, 0.2) is 0 Å². The Labute approximate surface area is 126 Å². The molecule has 1 heterocycles. The molecule has 0 aromatic heterocycles. The van der Waals surface area contributed by atoms with Crippen molar-refractivity contribution in [3.63, 3.8) is 0 Å². The highest BCUT2D eigenvalue weighted by Crippen LogP contribution is 2.26. The van der Waals surface area contributed by atoms with Crippen LogP contribution in [0.25, 0.3) is 0 Å². The fourth-order valence-electron chi connectivity index (χ4n) is 3.63. The minimum atomic E-state index is 0.691. The van der Waals surface area contributed by atoms with Gasteiger partial charge in [-0.05, 0) is 71.1 Å². The molecular formula is C17H35N3. The summed E-state index contributed by atoms with van der Waals surface area (Å²) in [7, 11) is 0. The van der Waals surface area contributed by atoms with E-state index in [1.165, 1.54) is 71.4 Å². The van der Waals surface area contributed by atoms with E-state index in [0.717, 1.165) is 12.0 Å². The monoisotopic (exact) mass is 281 g/mol. The summed E-state index contributed by atoms with van der Waals surface area (Å²) in [5.41, 5.74) is 0. The summed E-state index contributed by atoms with van der Waals surface area (Å²) in [5.74, 6) is 0.888. The Bertz CT molecular complexity index is 257. The minimum Gasteiger partial charge on any atom is -0.313 e. The van der Waals surface area contributed by atoms with E-state index in [1.54, 1.807) is 0 Å². The first kappa shape index (κ1) is 16.3. The van der Waals surface area contributed by atoms with Crippen LogP contribution in [0.2, 0.25) is 0 Å². The summed E-state index contributed by atoms with van der Waals surface area (Å²) >= 11 is 0. The molecule has 20 heavy (non-hydrogen) atoms. The van der Waals surface area contributed by atoms with Crippen LogP contribution in [0.5, 0.6) is 0 Å². The van der Waals surface area contributed by atoms with Crippen molar-refractivity contribution in [2.45, 2.75) is 65.0 Å². The number of hydrogen-bond acceptors (Lipinski definition) is 3. The highest BCUT2D eigenvalue weighted by atomic mass is 15.2. The van der Waals surface area contributed by atoms with E-state index in [-0.39, 0.29) is 0 Å². The van der Waals surface area contributed by atoms with Crippen LogP contribution in [0.3, 0.4) is 0 Å². The predicted octanol–water partition coefficient (Wildman–Crippen LogP) is 2.57. The number of piperidine rings is 1. The van der Waals surface area contributed by atoms with E-state index in [0.29, 0.717) is 6.04 Å². The predicted molar refractivity (Wildman–Crippen MR) is 87.2 cm³/mol. The van der Waals surface area contributed by atoms with E-state index in [2.05, 4.69) is 35.9 Å². The average molecular weight is 281 g/mol. The van der Waals surface area contributed by atoms with E-state index in [4.69, 9.17) is 0 Å². The largest absolute Gasteiger partial charge is 0.313 e. The summed E-state index contributed by atoms with van der Waals surface area (Å²) in [4.78, 5) is 5.28. The van der Waals surface area contributed by atoms with Crippen molar-refractivity contribution in [1.82, 2.24) is 15.1 Å². The van der Waals surface area contributed by atoms with Gasteiger partial charge in [0.05, 0.1) is 0 Å². The summed E-state index contributed by atoms with van der Waals surface area (Å²) < 4.78 is 0. The SMILES string of the molecule is CCCN1CCC(C(C)NCCN(CC)C2CC2)CC1. The van der Waals surface area contributed by atoms with Gasteiger partial charge < -0.3 is 10.2 Å². The normalized spacial score (nSPS) is 23.4. The Morgan fingerprint density at radius 1 is 1.15 bits per heavy atom. The number of hydrogen-bond donors (Lipinski definition) is 1. The molecular weight excluding hydrogens is 246 g/mol. The van der Waals surface area contributed by atoms with Gasteiger partial charge in [-0.3, -0.25) is 4.90 Å². The molecule has 2 rings (SSSR count). The molecule has 2 fully saturated rings. The van der Waals surface area contributed by atoms with Gasteiger partial charge in [-0.25, -0.2) is 0 Å². The van der Waals surface area contributed by atoms with Crippen molar-refractivity contribution in [1.29, 1.82) is 0 Å². The van der Waals surface area contributed by atoms with E-state index < -0.39 is 0 Å². The molecule has 3 heteroatoms. The van der Waals surface area contributed by atoms with Gasteiger partial charge in [-0.1, -0.05) is 13.8 Å². The zero-order valence-electron chi connectivity index (χ0n) is 13.9. The summed E-state index contributed by atoms with van der Waals surface area (Å²) in [6, 6.07) is 1.60. The van der Waals surface area contributed by atoms with Crippen LogP contribution < -0.4 is 5.32 Å². The summed E-state index contributed by atoms with van der Waals surface area (Å²) in [6.07, 6.45) is 6.92. The van der Waals surface area contributed by atoms with Crippen molar-refractivity contribution in [2.24, 2.45) is 5.92 Å². The van der Waals surface area contributed by atoms with Crippen LogP contribution in [-0.2, 0) is 0 Å². The Morgan fingerprint density at radius 3 is 2.40 bits per heavy atom. The second kappa shape index (κ2) is 8.35.